The van der Waals surface area contributed by atoms with Gasteiger partial charge in [-0.25, -0.2) is 4.98 Å². The van der Waals surface area contributed by atoms with Gasteiger partial charge in [0, 0.05) is 10.8 Å². The lowest BCUT2D eigenvalue weighted by molar-refractivity contribution is 0.356. The van der Waals surface area contributed by atoms with Gasteiger partial charge in [-0.3, -0.25) is 0 Å². The summed E-state index contributed by atoms with van der Waals surface area (Å²) in [6.07, 6.45) is 0. The highest BCUT2D eigenvalue weighted by Gasteiger charge is 2.09. The van der Waals surface area contributed by atoms with Gasteiger partial charge in [0.25, 0.3) is 0 Å². The van der Waals surface area contributed by atoms with E-state index < -0.39 is 0 Å². The molecule has 1 heterocycles. The summed E-state index contributed by atoms with van der Waals surface area (Å²) in [4.78, 5) is 4.75. The molecule has 0 saturated heterocycles. The largest absolute Gasteiger partial charge is 0.493 e. The summed E-state index contributed by atoms with van der Waals surface area (Å²) in [7, 11) is 3.31. The zero-order chi connectivity index (χ0) is 15.1. The smallest absolute Gasteiger partial charge is 0.161 e. The minimum Gasteiger partial charge on any atom is -0.493 e. The number of methoxy groups -OCH3 is 2. The van der Waals surface area contributed by atoms with Crippen LogP contribution in [0.4, 0.5) is 0 Å². The van der Waals surface area contributed by atoms with Crippen molar-refractivity contribution in [2.45, 2.75) is 0 Å². The second kappa shape index (κ2) is 4.88. The van der Waals surface area contributed by atoms with E-state index in [0.717, 1.165) is 44.1 Å². The monoisotopic (exact) mass is 289 g/mol. The zero-order valence-corrected chi connectivity index (χ0v) is 12.5. The Morgan fingerprint density at radius 3 is 2.27 bits per heavy atom. The lowest BCUT2D eigenvalue weighted by Gasteiger charge is -2.11. The van der Waals surface area contributed by atoms with Crippen molar-refractivity contribution >= 4 is 32.6 Å². The molecule has 0 aliphatic rings. The third kappa shape index (κ3) is 1.86. The van der Waals surface area contributed by atoms with E-state index in [1.165, 1.54) is 0 Å². The number of ether oxygens (including phenoxy) is 2. The molecule has 4 rings (SSSR count). The fraction of sp³-hybridized carbons (Fsp3) is 0.105. The lowest BCUT2D eigenvalue weighted by atomic mass is 10.0. The predicted molar refractivity (Wildman–Crippen MR) is 89.9 cm³/mol. The summed E-state index contributed by atoms with van der Waals surface area (Å²) < 4.78 is 10.8. The maximum absolute atomic E-state index is 5.44. The van der Waals surface area contributed by atoms with E-state index in [9.17, 15) is 0 Å². The molecule has 3 aromatic carbocycles. The second-order valence-electron chi connectivity index (χ2n) is 5.24. The van der Waals surface area contributed by atoms with Crippen LogP contribution in [0.2, 0.25) is 0 Å². The quantitative estimate of drug-likeness (QED) is 0.400. The van der Waals surface area contributed by atoms with E-state index in [1.807, 2.05) is 30.3 Å². The van der Waals surface area contributed by atoms with Crippen LogP contribution in [-0.4, -0.2) is 19.2 Å². The fourth-order valence-corrected chi connectivity index (χ4v) is 2.91. The molecule has 108 valence electrons. The van der Waals surface area contributed by atoms with Crippen molar-refractivity contribution in [3.63, 3.8) is 0 Å². The van der Waals surface area contributed by atoms with Gasteiger partial charge in [0.2, 0.25) is 0 Å². The molecule has 0 saturated carbocycles. The highest BCUT2D eigenvalue weighted by atomic mass is 16.5. The first-order chi connectivity index (χ1) is 10.8. The highest BCUT2D eigenvalue weighted by Crippen LogP contribution is 2.36. The van der Waals surface area contributed by atoms with Crippen molar-refractivity contribution in [3.8, 4) is 11.5 Å². The van der Waals surface area contributed by atoms with Crippen LogP contribution in [0.5, 0.6) is 11.5 Å². The van der Waals surface area contributed by atoms with Gasteiger partial charge in [-0.15, -0.1) is 0 Å². The molecule has 4 aromatic rings. The van der Waals surface area contributed by atoms with Crippen LogP contribution in [0.25, 0.3) is 32.6 Å². The van der Waals surface area contributed by atoms with Gasteiger partial charge >= 0.3 is 0 Å². The Kier molecular flexibility index (Phi) is 2.86. The van der Waals surface area contributed by atoms with E-state index >= 15 is 0 Å². The minimum atomic E-state index is 0.732. The van der Waals surface area contributed by atoms with Crippen LogP contribution < -0.4 is 9.47 Å². The molecular formula is C19H15NO2. The Balaban J connectivity index is 2.14. The summed E-state index contributed by atoms with van der Waals surface area (Å²) >= 11 is 0. The van der Waals surface area contributed by atoms with Gasteiger partial charge in [-0.2, -0.15) is 0 Å². The van der Waals surface area contributed by atoms with Crippen molar-refractivity contribution in [1.82, 2.24) is 4.98 Å². The molecule has 0 N–H and O–H groups in total. The average molecular weight is 289 g/mol. The van der Waals surface area contributed by atoms with Crippen molar-refractivity contribution in [3.05, 3.63) is 54.6 Å². The number of nitrogens with zero attached hydrogens (tertiary/aromatic N) is 1. The summed E-state index contributed by atoms with van der Waals surface area (Å²) in [6, 6.07) is 18.5. The standard InChI is InChI=1S/C19H15NO2/c1-21-18-10-12-7-8-17-15(14(12)11-19(18)22-2)9-13-5-3-4-6-16(13)20-17/h3-11H,1-2H3. The van der Waals surface area contributed by atoms with Crippen molar-refractivity contribution in [2.24, 2.45) is 0 Å². The molecule has 0 spiro atoms. The Labute approximate surface area is 128 Å². The summed E-state index contributed by atoms with van der Waals surface area (Å²) in [5.74, 6) is 1.47. The number of para-hydroxylation sites is 1. The fourth-order valence-electron chi connectivity index (χ4n) is 2.91. The van der Waals surface area contributed by atoms with E-state index in [-0.39, 0.29) is 0 Å². The molecule has 1 aromatic heterocycles. The summed E-state index contributed by atoms with van der Waals surface area (Å²) in [6.45, 7) is 0. The van der Waals surface area contributed by atoms with Crippen molar-refractivity contribution in [1.29, 1.82) is 0 Å². The molecule has 22 heavy (non-hydrogen) atoms. The number of aromatic nitrogens is 1. The Hall–Kier alpha value is -2.81. The average Bonchev–Trinajstić information content (AvgIpc) is 2.58. The number of pyridine rings is 1. The predicted octanol–water partition coefficient (Wildman–Crippen LogP) is 4.56. The van der Waals surface area contributed by atoms with Crippen molar-refractivity contribution in [2.75, 3.05) is 14.2 Å². The first-order valence-electron chi connectivity index (χ1n) is 7.14. The van der Waals surface area contributed by atoms with E-state index in [4.69, 9.17) is 14.5 Å². The van der Waals surface area contributed by atoms with E-state index in [1.54, 1.807) is 14.2 Å². The van der Waals surface area contributed by atoms with Crippen LogP contribution in [0.15, 0.2) is 54.6 Å². The van der Waals surface area contributed by atoms with Gasteiger partial charge in [0.1, 0.15) is 0 Å². The molecule has 3 heteroatoms. The van der Waals surface area contributed by atoms with Gasteiger partial charge in [-0.05, 0) is 41.1 Å². The second-order valence-corrected chi connectivity index (χ2v) is 5.24. The Morgan fingerprint density at radius 2 is 1.45 bits per heavy atom. The molecule has 0 unspecified atom stereocenters. The van der Waals surface area contributed by atoms with Crippen LogP contribution in [0, 0.1) is 0 Å². The highest BCUT2D eigenvalue weighted by molar-refractivity contribution is 6.10. The number of fused-ring (bicyclic) bond motifs is 4. The molecule has 0 bridgehead atoms. The Bertz CT molecular complexity index is 1010. The summed E-state index contributed by atoms with van der Waals surface area (Å²) in [5, 5.41) is 4.49. The number of hydrogen-bond donors (Lipinski definition) is 0. The first kappa shape index (κ1) is 12.9. The number of hydrogen-bond acceptors (Lipinski definition) is 3. The third-order valence-corrected chi connectivity index (χ3v) is 4.02. The van der Waals surface area contributed by atoms with Gasteiger partial charge in [0.15, 0.2) is 11.5 Å². The minimum absolute atomic E-state index is 0.732. The molecule has 0 atom stereocenters. The Morgan fingerprint density at radius 1 is 0.682 bits per heavy atom. The van der Waals surface area contributed by atoms with Gasteiger partial charge < -0.3 is 9.47 Å². The van der Waals surface area contributed by atoms with Crippen LogP contribution in [0.1, 0.15) is 0 Å². The first-order valence-corrected chi connectivity index (χ1v) is 7.14. The van der Waals surface area contributed by atoms with Gasteiger partial charge in [0.05, 0.1) is 25.3 Å². The molecular weight excluding hydrogens is 274 g/mol. The summed E-state index contributed by atoms with van der Waals surface area (Å²) in [5.41, 5.74) is 1.99. The number of benzene rings is 3. The molecule has 3 nitrogen and oxygen atoms in total. The lowest BCUT2D eigenvalue weighted by Crippen LogP contribution is -1.91. The van der Waals surface area contributed by atoms with Crippen molar-refractivity contribution < 1.29 is 9.47 Å². The molecule has 0 aliphatic carbocycles. The van der Waals surface area contributed by atoms with E-state index in [2.05, 4.69) is 24.3 Å². The molecule has 0 aliphatic heterocycles. The third-order valence-electron chi connectivity index (χ3n) is 4.02. The van der Waals surface area contributed by atoms with Crippen LogP contribution in [-0.2, 0) is 0 Å². The maximum atomic E-state index is 5.44. The van der Waals surface area contributed by atoms with Gasteiger partial charge in [-0.1, -0.05) is 24.3 Å². The molecule has 0 amide bonds. The molecule has 0 radical (unpaired) electrons. The van der Waals surface area contributed by atoms with E-state index in [0.29, 0.717) is 0 Å². The maximum Gasteiger partial charge on any atom is 0.161 e. The molecule has 0 fully saturated rings. The SMILES string of the molecule is COc1cc2ccc3nc4ccccc4cc3c2cc1OC. The topological polar surface area (TPSA) is 31.4 Å². The van der Waals surface area contributed by atoms with Crippen LogP contribution in [0.3, 0.4) is 0 Å². The number of rotatable bonds is 2. The zero-order valence-electron chi connectivity index (χ0n) is 12.5. The normalized spacial score (nSPS) is 11.2. The van der Waals surface area contributed by atoms with Crippen LogP contribution >= 0.6 is 0 Å².